The summed E-state index contributed by atoms with van der Waals surface area (Å²) in [6, 6.07) is 13.5. The van der Waals surface area contributed by atoms with Gasteiger partial charge in [-0.25, -0.2) is 4.79 Å². The number of ether oxygens (including phenoxy) is 1. The maximum Gasteiger partial charge on any atom is 0.341 e. The number of hydrogen-bond donors (Lipinski definition) is 1. The van der Waals surface area contributed by atoms with Crippen LogP contribution in [0.4, 0.5) is 5.00 Å². The molecule has 0 spiro atoms. The Morgan fingerprint density at radius 3 is 2.66 bits per heavy atom. The zero-order valence-corrected chi connectivity index (χ0v) is 19.9. The Kier molecular flexibility index (Phi) is 7.03. The quantitative estimate of drug-likeness (QED) is 0.274. The first-order valence-electron chi connectivity index (χ1n) is 9.78. The molecule has 0 aliphatic heterocycles. The number of rotatable bonds is 8. The molecule has 1 aromatic carbocycles. The van der Waals surface area contributed by atoms with Crippen LogP contribution in [-0.2, 0) is 16.6 Å². The Morgan fingerprint density at radius 2 is 1.94 bits per heavy atom. The van der Waals surface area contributed by atoms with E-state index in [0.717, 1.165) is 21.8 Å². The van der Waals surface area contributed by atoms with Gasteiger partial charge in [-0.1, -0.05) is 48.2 Å². The van der Waals surface area contributed by atoms with E-state index in [0.29, 0.717) is 15.7 Å². The fourth-order valence-corrected chi connectivity index (χ4v) is 5.47. The molecule has 32 heavy (non-hydrogen) atoms. The minimum Gasteiger partial charge on any atom is -0.462 e. The number of carbonyl (C=O) groups excluding carboxylic acids is 2. The second-order valence-corrected chi connectivity index (χ2v) is 9.39. The minimum atomic E-state index is -0.454. The van der Waals surface area contributed by atoms with Gasteiger partial charge in [-0.3, -0.25) is 4.79 Å². The minimum absolute atomic E-state index is 0.136. The zero-order valence-electron chi connectivity index (χ0n) is 17.4. The topological polar surface area (TPSA) is 86.1 Å². The van der Waals surface area contributed by atoms with E-state index in [2.05, 4.69) is 15.5 Å². The molecule has 1 amide bonds. The van der Waals surface area contributed by atoms with Crippen LogP contribution < -0.4 is 5.32 Å². The van der Waals surface area contributed by atoms with Crippen LogP contribution in [0.15, 0.2) is 58.4 Å². The maximum absolute atomic E-state index is 12.7. The Labute approximate surface area is 197 Å². The normalized spacial score (nSPS) is 10.8. The average Bonchev–Trinajstić information content (AvgIpc) is 3.53. The van der Waals surface area contributed by atoms with Crippen LogP contribution >= 0.6 is 34.4 Å². The fourth-order valence-electron chi connectivity index (χ4n) is 3.04. The second kappa shape index (κ2) is 10.1. The van der Waals surface area contributed by atoms with E-state index < -0.39 is 5.97 Å². The van der Waals surface area contributed by atoms with Gasteiger partial charge in [0.15, 0.2) is 11.0 Å². The maximum atomic E-state index is 12.7. The van der Waals surface area contributed by atoms with Gasteiger partial charge in [-0.15, -0.1) is 32.9 Å². The predicted molar refractivity (Wildman–Crippen MR) is 129 cm³/mol. The third kappa shape index (κ3) is 4.77. The summed E-state index contributed by atoms with van der Waals surface area (Å²) in [5.41, 5.74) is 2.01. The molecule has 3 aromatic heterocycles. The average molecular weight is 485 g/mol. The number of carbonyl (C=O) groups is 2. The van der Waals surface area contributed by atoms with Gasteiger partial charge in [0.05, 0.1) is 17.2 Å². The van der Waals surface area contributed by atoms with Crippen LogP contribution in [0.2, 0.25) is 0 Å². The van der Waals surface area contributed by atoms with Crippen LogP contribution in [0.5, 0.6) is 0 Å². The van der Waals surface area contributed by atoms with Gasteiger partial charge >= 0.3 is 5.97 Å². The summed E-state index contributed by atoms with van der Waals surface area (Å²) in [4.78, 5) is 26.3. The van der Waals surface area contributed by atoms with Crippen LogP contribution in [-0.4, -0.2) is 39.0 Å². The van der Waals surface area contributed by atoms with Gasteiger partial charge < -0.3 is 14.6 Å². The lowest BCUT2D eigenvalue weighted by atomic mass is 10.0. The van der Waals surface area contributed by atoms with Gasteiger partial charge in [-0.05, 0) is 23.9 Å². The van der Waals surface area contributed by atoms with E-state index in [9.17, 15) is 9.59 Å². The van der Waals surface area contributed by atoms with Crippen molar-refractivity contribution in [3.63, 3.8) is 0 Å². The van der Waals surface area contributed by atoms with Gasteiger partial charge in [0.25, 0.3) is 0 Å². The molecule has 4 rings (SSSR count). The first-order valence-corrected chi connectivity index (χ1v) is 12.5. The molecule has 0 bridgehead atoms. The van der Waals surface area contributed by atoms with Crippen molar-refractivity contribution in [2.45, 2.75) is 12.1 Å². The Morgan fingerprint density at radius 1 is 1.12 bits per heavy atom. The molecular formula is C22H20N4O3S3. The second-order valence-electron chi connectivity index (χ2n) is 6.62. The molecule has 10 heteroatoms. The first kappa shape index (κ1) is 22.3. The molecule has 0 atom stereocenters. The van der Waals surface area contributed by atoms with Gasteiger partial charge in [0.1, 0.15) is 10.6 Å². The highest BCUT2D eigenvalue weighted by atomic mass is 32.2. The SMILES string of the molecule is CCOC(=O)c1c(-c2ccccc2)csc1NC(=O)CSc1nnc(-c2cccs2)n1C. The number of nitrogens with one attached hydrogen (secondary N) is 1. The van der Waals surface area contributed by atoms with Crippen molar-refractivity contribution in [1.82, 2.24) is 14.8 Å². The van der Waals surface area contributed by atoms with Gasteiger partial charge in [-0.2, -0.15) is 0 Å². The fraction of sp³-hybridized carbons (Fsp3) is 0.182. The number of thioether (sulfide) groups is 1. The summed E-state index contributed by atoms with van der Waals surface area (Å²) in [6.07, 6.45) is 0. The first-order chi connectivity index (χ1) is 15.6. The Balaban J connectivity index is 1.49. The highest BCUT2D eigenvalue weighted by Gasteiger charge is 2.23. The predicted octanol–water partition coefficient (Wildman–Crippen LogP) is 5.18. The number of anilines is 1. The van der Waals surface area contributed by atoms with Crippen molar-refractivity contribution in [1.29, 1.82) is 0 Å². The summed E-state index contributed by atoms with van der Waals surface area (Å²) in [6.45, 7) is 2.01. The van der Waals surface area contributed by atoms with Crippen molar-refractivity contribution < 1.29 is 14.3 Å². The van der Waals surface area contributed by atoms with E-state index in [1.165, 1.54) is 23.1 Å². The summed E-state index contributed by atoms with van der Waals surface area (Å²) < 4.78 is 7.11. The summed E-state index contributed by atoms with van der Waals surface area (Å²) >= 11 is 4.18. The molecule has 3 heterocycles. The van der Waals surface area contributed by atoms with Crippen molar-refractivity contribution in [2.24, 2.45) is 7.05 Å². The number of thiophene rings is 2. The highest BCUT2D eigenvalue weighted by Crippen LogP contribution is 2.36. The van der Waals surface area contributed by atoms with E-state index in [-0.39, 0.29) is 18.3 Å². The lowest BCUT2D eigenvalue weighted by Gasteiger charge is -2.09. The standard InChI is InChI=1S/C22H20N4O3S3/c1-3-29-21(28)18-15(14-8-5-4-6-9-14)12-31-20(18)23-17(27)13-32-22-25-24-19(26(22)2)16-10-7-11-30-16/h4-12H,3,13H2,1-2H3,(H,23,27). The molecule has 0 aliphatic rings. The lowest BCUT2D eigenvalue weighted by Crippen LogP contribution is -2.16. The van der Waals surface area contributed by atoms with Gasteiger partial charge in [0, 0.05) is 18.0 Å². The van der Waals surface area contributed by atoms with Crippen molar-refractivity contribution in [3.05, 3.63) is 58.8 Å². The molecule has 0 fully saturated rings. The van der Waals surface area contributed by atoms with E-state index in [4.69, 9.17) is 4.74 Å². The Bertz CT molecular complexity index is 1220. The highest BCUT2D eigenvalue weighted by molar-refractivity contribution is 7.99. The molecule has 0 saturated heterocycles. The summed E-state index contributed by atoms with van der Waals surface area (Å²) in [5, 5.41) is 16.3. The molecule has 0 radical (unpaired) electrons. The number of amides is 1. The van der Waals surface area contributed by atoms with E-state index in [1.807, 2.05) is 64.8 Å². The van der Waals surface area contributed by atoms with Crippen LogP contribution in [0.3, 0.4) is 0 Å². The number of benzene rings is 1. The summed E-state index contributed by atoms with van der Waals surface area (Å²) in [7, 11) is 1.87. The van der Waals surface area contributed by atoms with Crippen molar-refractivity contribution in [2.75, 3.05) is 17.7 Å². The third-order valence-electron chi connectivity index (χ3n) is 4.52. The number of esters is 1. The number of hydrogen-bond acceptors (Lipinski definition) is 8. The molecule has 4 aromatic rings. The monoisotopic (exact) mass is 484 g/mol. The van der Waals surface area contributed by atoms with Crippen LogP contribution in [0.25, 0.3) is 21.8 Å². The van der Waals surface area contributed by atoms with E-state index in [1.54, 1.807) is 18.3 Å². The molecule has 0 aliphatic carbocycles. The molecular weight excluding hydrogens is 464 g/mol. The lowest BCUT2D eigenvalue weighted by molar-refractivity contribution is -0.113. The number of nitrogens with zero attached hydrogens (tertiary/aromatic N) is 3. The molecule has 0 unspecified atom stereocenters. The molecule has 0 saturated carbocycles. The van der Waals surface area contributed by atoms with Crippen LogP contribution in [0, 0.1) is 0 Å². The van der Waals surface area contributed by atoms with Crippen molar-refractivity contribution >= 4 is 51.3 Å². The third-order valence-corrected chi connectivity index (χ3v) is 7.30. The van der Waals surface area contributed by atoms with Gasteiger partial charge in [0.2, 0.25) is 5.91 Å². The molecule has 164 valence electrons. The number of aromatic nitrogens is 3. The summed E-state index contributed by atoms with van der Waals surface area (Å²) in [5.74, 6) is 0.211. The van der Waals surface area contributed by atoms with Crippen molar-refractivity contribution in [3.8, 4) is 21.8 Å². The molecule has 7 nitrogen and oxygen atoms in total. The largest absolute Gasteiger partial charge is 0.462 e. The smallest absolute Gasteiger partial charge is 0.341 e. The van der Waals surface area contributed by atoms with Crippen LogP contribution in [0.1, 0.15) is 17.3 Å². The zero-order chi connectivity index (χ0) is 22.5. The Hall–Kier alpha value is -2.95. The van der Waals surface area contributed by atoms with E-state index >= 15 is 0 Å². The molecule has 1 N–H and O–H groups in total.